The molecule has 0 unspecified atom stereocenters. The van der Waals surface area contributed by atoms with Gasteiger partial charge in [0.05, 0.1) is 7.11 Å². The van der Waals surface area contributed by atoms with Gasteiger partial charge in [0.25, 0.3) is 0 Å². The Morgan fingerprint density at radius 2 is 1.92 bits per heavy atom. The van der Waals surface area contributed by atoms with E-state index in [1.54, 1.807) is 19.3 Å². The van der Waals surface area contributed by atoms with Crippen molar-refractivity contribution < 1.29 is 9.53 Å². The molecule has 0 atom stereocenters. The molecular formula is C21H26N2O2. The van der Waals surface area contributed by atoms with Crippen molar-refractivity contribution in [3.05, 3.63) is 71.3 Å². The lowest BCUT2D eigenvalue weighted by molar-refractivity contribution is -0.116. The standard InChI is InChI=1S/C21H26N2O2/c1-4-23(2)16-19-9-5-8-18(13-19)15-22-21(24)12-11-17-7-6-10-20(14-17)25-3/h5-14H,4,15-16H2,1-3H3,(H,22,24). The van der Waals surface area contributed by atoms with Gasteiger partial charge in [0.1, 0.15) is 5.75 Å². The van der Waals surface area contributed by atoms with Crippen LogP contribution >= 0.6 is 0 Å². The first-order valence-corrected chi connectivity index (χ1v) is 8.47. The van der Waals surface area contributed by atoms with Gasteiger partial charge >= 0.3 is 0 Å². The third kappa shape index (κ3) is 6.43. The van der Waals surface area contributed by atoms with Crippen molar-refractivity contribution in [1.82, 2.24) is 10.2 Å². The van der Waals surface area contributed by atoms with Crippen LogP contribution in [0.3, 0.4) is 0 Å². The van der Waals surface area contributed by atoms with Gasteiger partial charge in [0.2, 0.25) is 5.91 Å². The van der Waals surface area contributed by atoms with Gasteiger partial charge < -0.3 is 15.0 Å². The minimum absolute atomic E-state index is 0.112. The van der Waals surface area contributed by atoms with E-state index in [1.807, 2.05) is 36.4 Å². The number of nitrogens with one attached hydrogen (secondary N) is 1. The zero-order valence-electron chi connectivity index (χ0n) is 15.2. The maximum absolute atomic E-state index is 12.0. The highest BCUT2D eigenvalue weighted by Crippen LogP contribution is 2.13. The Hall–Kier alpha value is -2.59. The number of rotatable bonds is 8. The molecule has 0 aliphatic rings. The summed E-state index contributed by atoms with van der Waals surface area (Å²) in [6.45, 7) is 4.58. The number of carbonyl (C=O) groups is 1. The lowest BCUT2D eigenvalue weighted by atomic mass is 10.1. The molecule has 0 saturated heterocycles. The SMILES string of the molecule is CCN(C)Cc1cccc(CNC(=O)C=Cc2cccc(OC)c2)c1. The molecule has 4 nitrogen and oxygen atoms in total. The number of amides is 1. The van der Waals surface area contributed by atoms with Gasteiger partial charge in [-0.2, -0.15) is 0 Å². The van der Waals surface area contributed by atoms with Crippen LogP contribution in [0.15, 0.2) is 54.6 Å². The molecule has 4 heteroatoms. The van der Waals surface area contributed by atoms with Crippen LogP contribution in [0.5, 0.6) is 5.75 Å². The molecule has 0 radical (unpaired) electrons. The maximum Gasteiger partial charge on any atom is 0.244 e. The quantitative estimate of drug-likeness (QED) is 0.749. The summed E-state index contributed by atoms with van der Waals surface area (Å²) < 4.78 is 5.18. The van der Waals surface area contributed by atoms with Crippen LogP contribution in [0.4, 0.5) is 0 Å². The Morgan fingerprint density at radius 1 is 1.16 bits per heavy atom. The summed E-state index contributed by atoms with van der Waals surface area (Å²) in [5, 5.41) is 2.92. The molecular weight excluding hydrogens is 312 g/mol. The third-order valence-electron chi connectivity index (χ3n) is 3.97. The van der Waals surface area contributed by atoms with Crippen LogP contribution in [-0.4, -0.2) is 31.5 Å². The number of ether oxygens (including phenoxy) is 1. The maximum atomic E-state index is 12.0. The second-order valence-corrected chi connectivity index (χ2v) is 5.98. The van der Waals surface area contributed by atoms with Crippen LogP contribution in [0.25, 0.3) is 6.08 Å². The Balaban J connectivity index is 1.89. The molecule has 0 spiro atoms. The van der Waals surface area contributed by atoms with E-state index in [-0.39, 0.29) is 5.91 Å². The minimum atomic E-state index is -0.112. The van der Waals surface area contributed by atoms with Crippen LogP contribution in [0.2, 0.25) is 0 Å². The molecule has 2 aromatic carbocycles. The molecule has 25 heavy (non-hydrogen) atoms. The highest BCUT2D eigenvalue weighted by Gasteiger charge is 2.01. The number of benzene rings is 2. The van der Waals surface area contributed by atoms with E-state index >= 15 is 0 Å². The summed E-state index contributed by atoms with van der Waals surface area (Å²) in [5.41, 5.74) is 3.28. The fourth-order valence-electron chi connectivity index (χ4n) is 2.43. The number of nitrogens with zero attached hydrogens (tertiary/aromatic N) is 1. The van der Waals surface area contributed by atoms with Gasteiger partial charge in [-0.1, -0.05) is 43.3 Å². The molecule has 132 valence electrons. The van der Waals surface area contributed by atoms with Gasteiger partial charge in [-0.05, 0) is 48.5 Å². The van der Waals surface area contributed by atoms with E-state index in [0.717, 1.165) is 30.0 Å². The number of methoxy groups -OCH3 is 1. The molecule has 0 aliphatic heterocycles. The van der Waals surface area contributed by atoms with Crippen molar-refractivity contribution in [1.29, 1.82) is 0 Å². The zero-order chi connectivity index (χ0) is 18.1. The molecule has 1 amide bonds. The van der Waals surface area contributed by atoms with E-state index < -0.39 is 0 Å². The van der Waals surface area contributed by atoms with Crippen molar-refractivity contribution >= 4 is 12.0 Å². The van der Waals surface area contributed by atoms with Crippen molar-refractivity contribution in [2.45, 2.75) is 20.0 Å². The predicted octanol–water partition coefficient (Wildman–Crippen LogP) is 3.48. The van der Waals surface area contributed by atoms with Crippen LogP contribution in [-0.2, 0) is 17.9 Å². The first kappa shape index (κ1) is 18.7. The van der Waals surface area contributed by atoms with Gasteiger partial charge in [0, 0.05) is 19.2 Å². The average Bonchev–Trinajstić information content (AvgIpc) is 2.65. The second-order valence-electron chi connectivity index (χ2n) is 5.98. The monoisotopic (exact) mass is 338 g/mol. The molecule has 0 bridgehead atoms. The summed E-state index contributed by atoms with van der Waals surface area (Å²) in [5.74, 6) is 0.662. The highest BCUT2D eigenvalue weighted by molar-refractivity contribution is 5.91. The van der Waals surface area contributed by atoms with E-state index in [2.05, 4.69) is 36.3 Å². The van der Waals surface area contributed by atoms with E-state index in [0.29, 0.717) is 6.54 Å². The van der Waals surface area contributed by atoms with Gasteiger partial charge in [-0.25, -0.2) is 0 Å². The number of hydrogen-bond acceptors (Lipinski definition) is 3. The summed E-state index contributed by atoms with van der Waals surface area (Å²) in [7, 11) is 3.72. The Morgan fingerprint density at radius 3 is 2.68 bits per heavy atom. The normalized spacial score (nSPS) is 11.0. The van der Waals surface area contributed by atoms with E-state index in [1.165, 1.54) is 5.56 Å². The molecule has 0 heterocycles. The van der Waals surface area contributed by atoms with Crippen molar-refractivity contribution in [2.75, 3.05) is 20.7 Å². The van der Waals surface area contributed by atoms with Crippen LogP contribution in [0, 0.1) is 0 Å². The third-order valence-corrected chi connectivity index (χ3v) is 3.97. The largest absolute Gasteiger partial charge is 0.497 e. The lowest BCUT2D eigenvalue weighted by Gasteiger charge is -2.14. The lowest BCUT2D eigenvalue weighted by Crippen LogP contribution is -2.20. The summed E-state index contributed by atoms with van der Waals surface area (Å²) in [6.07, 6.45) is 3.33. The Kier molecular flexibility index (Phi) is 7.23. The van der Waals surface area contributed by atoms with E-state index in [4.69, 9.17) is 4.74 Å². The first-order chi connectivity index (χ1) is 12.1. The van der Waals surface area contributed by atoms with E-state index in [9.17, 15) is 4.79 Å². The summed E-state index contributed by atoms with van der Waals surface area (Å²) in [6, 6.07) is 15.9. The van der Waals surface area contributed by atoms with Crippen LogP contribution in [0.1, 0.15) is 23.6 Å². The number of hydrogen-bond donors (Lipinski definition) is 1. The fourth-order valence-corrected chi connectivity index (χ4v) is 2.43. The average molecular weight is 338 g/mol. The molecule has 0 aliphatic carbocycles. The molecule has 2 rings (SSSR count). The number of carbonyl (C=O) groups excluding carboxylic acids is 1. The van der Waals surface area contributed by atoms with Gasteiger partial charge in [-0.3, -0.25) is 4.79 Å². The molecule has 0 saturated carbocycles. The fraction of sp³-hybridized carbons (Fsp3) is 0.286. The topological polar surface area (TPSA) is 41.6 Å². The summed E-state index contributed by atoms with van der Waals surface area (Å²) in [4.78, 5) is 14.3. The van der Waals surface area contributed by atoms with Gasteiger partial charge in [0.15, 0.2) is 0 Å². The van der Waals surface area contributed by atoms with Gasteiger partial charge in [-0.15, -0.1) is 0 Å². The Labute approximate surface area is 150 Å². The van der Waals surface area contributed by atoms with Crippen molar-refractivity contribution in [2.24, 2.45) is 0 Å². The van der Waals surface area contributed by atoms with Crippen LogP contribution < -0.4 is 10.1 Å². The first-order valence-electron chi connectivity index (χ1n) is 8.47. The molecule has 2 aromatic rings. The molecule has 1 N–H and O–H groups in total. The van der Waals surface area contributed by atoms with Crippen molar-refractivity contribution in [3.63, 3.8) is 0 Å². The Bertz CT molecular complexity index is 725. The smallest absolute Gasteiger partial charge is 0.244 e. The predicted molar refractivity (Wildman–Crippen MR) is 102 cm³/mol. The van der Waals surface area contributed by atoms with Crippen molar-refractivity contribution in [3.8, 4) is 5.75 Å². The minimum Gasteiger partial charge on any atom is -0.497 e. The second kappa shape index (κ2) is 9.64. The molecule has 0 fully saturated rings. The highest BCUT2D eigenvalue weighted by atomic mass is 16.5. The summed E-state index contributed by atoms with van der Waals surface area (Å²) >= 11 is 0. The molecule has 0 aromatic heterocycles. The zero-order valence-corrected chi connectivity index (χ0v) is 15.2.